The van der Waals surface area contributed by atoms with Crippen LogP contribution in [0.15, 0.2) is 48.5 Å². The number of nitrogen functional groups attached to an aromatic ring is 2. The molecule has 2 aromatic carbocycles. The first kappa shape index (κ1) is 22.4. The molecular weight excluding hydrogens is 374 g/mol. The van der Waals surface area contributed by atoms with Crippen molar-refractivity contribution in [3.05, 3.63) is 70.9 Å². The highest BCUT2D eigenvalue weighted by Crippen LogP contribution is 2.25. The Kier molecular flexibility index (Phi) is 7.16. The monoisotopic (exact) mass is 401 g/mol. The van der Waals surface area contributed by atoms with Crippen LogP contribution in [0.4, 0.5) is 11.8 Å². The Morgan fingerprint density at radius 2 is 1.77 bits per heavy atom. The van der Waals surface area contributed by atoms with Crippen LogP contribution in [0.2, 0.25) is 0 Å². The maximum absolute atomic E-state index is 11.3. The van der Waals surface area contributed by atoms with Crippen molar-refractivity contribution in [2.24, 2.45) is 5.73 Å². The first-order chi connectivity index (χ1) is 13.9. The maximum atomic E-state index is 11.3. The number of primary amides is 1. The van der Waals surface area contributed by atoms with Gasteiger partial charge in [-0.05, 0) is 48.2 Å². The van der Waals surface area contributed by atoms with E-state index < -0.39 is 5.91 Å². The van der Waals surface area contributed by atoms with Gasteiger partial charge in [-0.15, -0.1) is 0 Å². The van der Waals surface area contributed by atoms with E-state index in [9.17, 15) is 4.79 Å². The normalized spacial score (nSPS) is 11.0. The number of carbonyl (C=O) groups is 1. The number of nitrogens with zero attached hydrogens (tertiary/aromatic N) is 2. The van der Waals surface area contributed by atoms with Gasteiger partial charge < -0.3 is 17.2 Å². The molecule has 6 heteroatoms. The number of benzene rings is 2. The van der Waals surface area contributed by atoms with E-state index >= 15 is 0 Å². The molecular formula is C24H27N5O. The van der Waals surface area contributed by atoms with Crippen molar-refractivity contribution in [1.29, 1.82) is 0 Å². The molecule has 30 heavy (non-hydrogen) atoms. The molecule has 0 aliphatic rings. The molecule has 0 radical (unpaired) electrons. The standard InChI is InChI=1S/C23H23N5O.CH4/c1-3-20-19(21(24)28-23(26)27-20)12-7-14(2)17-5-4-6-18(13-17)15-8-10-16(11-9-15)22(25)29;/h4-6,8-11,13-14H,3H2,1-2H3,(H2,25,29)(H4,24,26,27,28);1H4/t14-;/m0./s1. The second kappa shape index (κ2) is 9.57. The summed E-state index contributed by atoms with van der Waals surface area (Å²) in [5, 5.41) is 0. The fraction of sp³-hybridized carbons (Fsp3) is 0.208. The van der Waals surface area contributed by atoms with E-state index in [1.54, 1.807) is 12.1 Å². The van der Waals surface area contributed by atoms with E-state index in [4.69, 9.17) is 17.2 Å². The second-order valence-electron chi connectivity index (χ2n) is 6.70. The number of hydrogen-bond donors (Lipinski definition) is 3. The molecule has 3 aromatic rings. The summed E-state index contributed by atoms with van der Waals surface area (Å²) in [5.74, 6) is 6.37. The van der Waals surface area contributed by atoms with Crippen LogP contribution in [0, 0.1) is 11.8 Å². The molecule has 3 rings (SSSR count). The molecule has 0 aliphatic heterocycles. The van der Waals surface area contributed by atoms with Crippen molar-refractivity contribution in [2.45, 2.75) is 33.6 Å². The number of aryl methyl sites for hydroxylation is 1. The van der Waals surface area contributed by atoms with Gasteiger partial charge in [0.15, 0.2) is 0 Å². The highest BCUT2D eigenvalue weighted by molar-refractivity contribution is 5.93. The molecule has 154 valence electrons. The lowest BCUT2D eigenvalue weighted by Crippen LogP contribution is -2.10. The minimum absolute atomic E-state index is 0. The number of carbonyl (C=O) groups excluding carboxylic acids is 1. The number of amides is 1. The van der Waals surface area contributed by atoms with E-state index in [1.807, 2.05) is 44.2 Å². The third kappa shape index (κ3) is 4.95. The molecule has 0 saturated carbocycles. The number of anilines is 2. The van der Waals surface area contributed by atoms with Gasteiger partial charge >= 0.3 is 0 Å². The molecule has 1 atom stereocenters. The van der Waals surface area contributed by atoms with Crippen LogP contribution in [0.5, 0.6) is 0 Å². The average Bonchev–Trinajstić information content (AvgIpc) is 2.72. The summed E-state index contributed by atoms with van der Waals surface area (Å²) >= 11 is 0. The molecule has 6 N–H and O–H groups in total. The van der Waals surface area contributed by atoms with Crippen molar-refractivity contribution < 1.29 is 4.79 Å². The molecule has 0 fully saturated rings. The average molecular weight is 402 g/mol. The van der Waals surface area contributed by atoms with Crippen molar-refractivity contribution in [2.75, 3.05) is 11.5 Å². The molecule has 6 nitrogen and oxygen atoms in total. The zero-order chi connectivity index (χ0) is 21.0. The highest BCUT2D eigenvalue weighted by Gasteiger charge is 2.09. The molecule has 1 aromatic heterocycles. The van der Waals surface area contributed by atoms with Crippen molar-refractivity contribution in [3.8, 4) is 23.0 Å². The topological polar surface area (TPSA) is 121 Å². The van der Waals surface area contributed by atoms with Gasteiger partial charge in [0.25, 0.3) is 0 Å². The lowest BCUT2D eigenvalue weighted by Gasteiger charge is -2.09. The molecule has 0 saturated heterocycles. The van der Waals surface area contributed by atoms with E-state index in [1.165, 1.54) is 0 Å². The smallest absolute Gasteiger partial charge is 0.248 e. The first-order valence-electron chi connectivity index (χ1n) is 9.32. The van der Waals surface area contributed by atoms with E-state index in [-0.39, 0.29) is 19.3 Å². The SMILES string of the molecule is C.CCc1nc(N)nc(N)c1C#C[C@H](C)c1cccc(-c2ccc(C(N)=O)cc2)c1. The summed E-state index contributed by atoms with van der Waals surface area (Å²) in [7, 11) is 0. The van der Waals surface area contributed by atoms with Crippen LogP contribution in [0.1, 0.15) is 54.4 Å². The van der Waals surface area contributed by atoms with Crippen molar-refractivity contribution >= 4 is 17.7 Å². The van der Waals surface area contributed by atoms with Gasteiger partial charge in [-0.2, -0.15) is 4.98 Å². The number of nitrogens with two attached hydrogens (primary N) is 3. The minimum atomic E-state index is -0.438. The lowest BCUT2D eigenvalue weighted by molar-refractivity contribution is 0.100. The minimum Gasteiger partial charge on any atom is -0.382 e. The van der Waals surface area contributed by atoms with Gasteiger partial charge in [0.05, 0.1) is 11.3 Å². The van der Waals surface area contributed by atoms with Crippen LogP contribution in [-0.4, -0.2) is 15.9 Å². The Morgan fingerprint density at radius 1 is 1.07 bits per heavy atom. The summed E-state index contributed by atoms with van der Waals surface area (Å²) < 4.78 is 0. The number of hydrogen-bond acceptors (Lipinski definition) is 5. The Labute approximate surface area is 177 Å². The zero-order valence-electron chi connectivity index (χ0n) is 16.4. The summed E-state index contributed by atoms with van der Waals surface area (Å²) in [6.45, 7) is 4.01. The highest BCUT2D eigenvalue weighted by atomic mass is 16.1. The summed E-state index contributed by atoms with van der Waals surface area (Å²) in [4.78, 5) is 19.5. The zero-order valence-corrected chi connectivity index (χ0v) is 16.4. The molecule has 1 amide bonds. The Hall–Kier alpha value is -3.85. The molecule has 0 aliphatic carbocycles. The van der Waals surface area contributed by atoms with E-state index in [2.05, 4.69) is 27.9 Å². The predicted octanol–water partition coefficient (Wildman–Crippen LogP) is 3.76. The summed E-state index contributed by atoms with van der Waals surface area (Å²) in [6, 6.07) is 15.3. The van der Waals surface area contributed by atoms with E-state index in [0.29, 0.717) is 23.4 Å². The fourth-order valence-corrected chi connectivity index (χ4v) is 3.02. The van der Waals surface area contributed by atoms with Crippen molar-refractivity contribution in [3.63, 3.8) is 0 Å². The van der Waals surface area contributed by atoms with Gasteiger partial charge in [0.1, 0.15) is 5.82 Å². The summed E-state index contributed by atoms with van der Waals surface area (Å²) in [6.07, 6.45) is 0.673. The van der Waals surface area contributed by atoms with Gasteiger partial charge in [0.2, 0.25) is 11.9 Å². The van der Waals surface area contributed by atoms with Crippen LogP contribution in [0.3, 0.4) is 0 Å². The first-order valence-corrected chi connectivity index (χ1v) is 9.32. The molecule has 0 unspecified atom stereocenters. The number of aromatic nitrogens is 2. The van der Waals surface area contributed by atoms with E-state index in [0.717, 1.165) is 22.4 Å². The van der Waals surface area contributed by atoms with Crippen molar-refractivity contribution in [1.82, 2.24) is 9.97 Å². The van der Waals surface area contributed by atoms with Crippen LogP contribution in [0.25, 0.3) is 11.1 Å². The Balaban J connectivity index is 0.00000320. The molecule has 1 heterocycles. The van der Waals surface area contributed by atoms with Gasteiger partial charge in [-0.3, -0.25) is 4.79 Å². The van der Waals surface area contributed by atoms with Crippen LogP contribution in [-0.2, 0) is 6.42 Å². The Morgan fingerprint density at radius 3 is 2.40 bits per heavy atom. The molecule has 0 spiro atoms. The maximum Gasteiger partial charge on any atom is 0.248 e. The Bertz CT molecular complexity index is 1110. The largest absolute Gasteiger partial charge is 0.382 e. The van der Waals surface area contributed by atoms with Gasteiger partial charge in [0, 0.05) is 11.5 Å². The third-order valence-electron chi connectivity index (χ3n) is 4.67. The lowest BCUT2D eigenvalue weighted by atomic mass is 9.96. The fourth-order valence-electron chi connectivity index (χ4n) is 3.02. The predicted molar refractivity (Wildman–Crippen MR) is 123 cm³/mol. The van der Waals surface area contributed by atoms with Crippen LogP contribution < -0.4 is 17.2 Å². The molecule has 0 bridgehead atoms. The van der Waals surface area contributed by atoms with Gasteiger partial charge in [-0.1, -0.05) is 56.5 Å². The quantitative estimate of drug-likeness (QED) is 0.575. The number of rotatable bonds is 4. The second-order valence-corrected chi connectivity index (χ2v) is 6.70. The van der Waals surface area contributed by atoms with Crippen LogP contribution >= 0.6 is 0 Å². The third-order valence-corrected chi connectivity index (χ3v) is 4.67. The van der Waals surface area contributed by atoms with Gasteiger partial charge in [-0.25, -0.2) is 4.98 Å². The summed E-state index contributed by atoms with van der Waals surface area (Å²) in [5.41, 5.74) is 21.9.